The molecule has 0 aromatic carbocycles. The number of aliphatic carboxylic acids is 1. The van der Waals surface area contributed by atoms with Gasteiger partial charge in [-0.3, -0.25) is 9.59 Å². The van der Waals surface area contributed by atoms with Crippen LogP contribution in [0.25, 0.3) is 0 Å². The molecule has 0 bridgehead atoms. The lowest BCUT2D eigenvalue weighted by Gasteiger charge is -2.04. The molecule has 14 heavy (non-hydrogen) atoms. The third kappa shape index (κ3) is 5.76. The van der Waals surface area contributed by atoms with E-state index in [1.807, 2.05) is 0 Å². The average molecular weight is 202 g/mol. The minimum Gasteiger partial charge on any atom is -0.481 e. The highest BCUT2D eigenvalue weighted by Gasteiger charge is 2.10. The Morgan fingerprint density at radius 2 is 1.86 bits per heavy atom. The first kappa shape index (κ1) is 12.2. The van der Waals surface area contributed by atoms with Gasteiger partial charge in [0.25, 0.3) is 0 Å². The number of hydrogen-bond acceptors (Lipinski definition) is 5. The first-order valence-electron chi connectivity index (χ1n) is 3.63. The van der Waals surface area contributed by atoms with Crippen LogP contribution in [0.1, 0.15) is 13.3 Å². The highest BCUT2D eigenvalue weighted by molar-refractivity contribution is 5.90. The number of carboxylic acid groups (broad SMARTS) is 1. The van der Waals surface area contributed by atoms with Crippen LogP contribution in [0.4, 0.5) is 0 Å². The topological polar surface area (TPSA) is 89.9 Å². The van der Waals surface area contributed by atoms with Crippen molar-refractivity contribution in [2.24, 2.45) is 0 Å². The van der Waals surface area contributed by atoms with Gasteiger partial charge >= 0.3 is 17.9 Å². The van der Waals surface area contributed by atoms with E-state index >= 15 is 0 Å². The second kappa shape index (κ2) is 5.74. The minimum absolute atomic E-state index is 0.166. The lowest BCUT2D eigenvalue weighted by Crippen LogP contribution is -2.15. The van der Waals surface area contributed by atoms with Crippen molar-refractivity contribution in [3.8, 4) is 0 Å². The summed E-state index contributed by atoms with van der Waals surface area (Å²) < 4.78 is 8.65. The van der Waals surface area contributed by atoms with Gasteiger partial charge in [0, 0.05) is 5.57 Å². The number of carbonyl (C=O) groups excluding carboxylic acids is 2. The van der Waals surface area contributed by atoms with Gasteiger partial charge in [0.15, 0.2) is 0 Å². The fourth-order valence-corrected chi connectivity index (χ4v) is 0.446. The number of carboxylic acids is 1. The maximum atomic E-state index is 10.7. The van der Waals surface area contributed by atoms with E-state index in [4.69, 9.17) is 5.11 Å². The van der Waals surface area contributed by atoms with Gasteiger partial charge in [-0.05, 0) is 6.92 Å². The van der Waals surface area contributed by atoms with Gasteiger partial charge in [0.05, 0.1) is 0 Å². The molecule has 0 aromatic heterocycles. The van der Waals surface area contributed by atoms with Crippen LogP contribution in [0.5, 0.6) is 0 Å². The van der Waals surface area contributed by atoms with Gasteiger partial charge in [-0.1, -0.05) is 6.58 Å². The zero-order valence-corrected chi connectivity index (χ0v) is 7.61. The molecule has 0 saturated heterocycles. The van der Waals surface area contributed by atoms with Gasteiger partial charge < -0.3 is 14.6 Å². The van der Waals surface area contributed by atoms with Crippen LogP contribution in [0.3, 0.4) is 0 Å². The Balaban J connectivity index is 3.64. The Labute approximate surface area is 80.1 Å². The van der Waals surface area contributed by atoms with Crippen molar-refractivity contribution in [2.75, 3.05) is 6.79 Å². The zero-order valence-electron chi connectivity index (χ0n) is 7.61. The summed E-state index contributed by atoms with van der Waals surface area (Å²) in [5.41, 5.74) is 0.166. The summed E-state index contributed by atoms with van der Waals surface area (Å²) in [4.78, 5) is 31.3. The van der Waals surface area contributed by atoms with E-state index in [0.29, 0.717) is 0 Å². The average Bonchev–Trinajstić information content (AvgIpc) is 2.02. The zero-order chi connectivity index (χ0) is 11.1. The van der Waals surface area contributed by atoms with Crippen molar-refractivity contribution in [1.29, 1.82) is 0 Å². The number of rotatable bonds is 5. The number of esters is 2. The van der Waals surface area contributed by atoms with Gasteiger partial charge in [0.2, 0.25) is 6.79 Å². The summed E-state index contributed by atoms with van der Waals surface area (Å²) >= 11 is 0. The Morgan fingerprint density at radius 3 is 2.29 bits per heavy atom. The van der Waals surface area contributed by atoms with Crippen molar-refractivity contribution >= 4 is 17.9 Å². The quantitative estimate of drug-likeness (QED) is 0.294. The summed E-state index contributed by atoms with van der Waals surface area (Å²) in [6.07, 6.45) is -0.759. The maximum absolute atomic E-state index is 10.7. The number of carbonyl (C=O) groups is 3. The molecule has 0 amide bonds. The second-order valence-corrected chi connectivity index (χ2v) is 2.42. The molecule has 0 fully saturated rings. The van der Waals surface area contributed by atoms with Gasteiger partial charge in [0.1, 0.15) is 6.42 Å². The van der Waals surface area contributed by atoms with E-state index in [1.165, 1.54) is 6.92 Å². The molecule has 0 spiro atoms. The molecule has 78 valence electrons. The van der Waals surface area contributed by atoms with E-state index in [-0.39, 0.29) is 5.57 Å². The molecule has 0 aliphatic carbocycles. The molecule has 6 nitrogen and oxygen atoms in total. The summed E-state index contributed by atoms with van der Waals surface area (Å²) in [6, 6.07) is 0. The van der Waals surface area contributed by atoms with Crippen LogP contribution in [-0.2, 0) is 23.9 Å². The first-order chi connectivity index (χ1) is 6.43. The molecule has 0 unspecified atom stereocenters. The van der Waals surface area contributed by atoms with E-state index < -0.39 is 31.1 Å². The van der Waals surface area contributed by atoms with Crippen molar-refractivity contribution < 1.29 is 29.0 Å². The van der Waals surface area contributed by atoms with Crippen LogP contribution < -0.4 is 0 Å². The van der Waals surface area contributed by atoms with E-state index in [2.05, 4.69) is 16.1 Å². The molecule has 0 rings (SSSR count). The molecule has 6 heteroatoms. The third-order valence-electron chi connectivity index (χ3n) is 1.05. The van der Waals surface area contributed by atoms with Crippen molar-refractivity contribution in [2.45, 2.75) is 13.3 Å². The predicted octanol–water partition coefficient (Wildman–Crippen LogP) is 0.0811. The third-order valence-corrected chi connectivity index (χ3v) is 1.05. The van der Waals surface area contributed by atoms with Crippen molar-refractivity contribution in [3.05, 3.63) is 12.2 Å². The van der Waals surface area contributed by atoms with E-state index in [0.717, 1.165) is 0 Å². The van der Waals surface area contributed by atoms with E-state index in [1.54, 1.807) is 0 Å². The Bertz CT molecular complexity index is 267. The molecule has 0 heterocycles. The van der Waals surface area contributed by atoms with Crippen molar-refractivity contribution in [1.82, 2.24) is 0 Å². The molecule has 1 N–H and O–H groups in total. The highest BCUT2D eigenvalue weighted by atomic mass is 16.7. The predicted molar refractivity (Wildman–Crippen MR) is 44.1 cm³/mol. The Morgan fingerprint density at radius 1 is 1.29 bits per heavy atom. The summed E-state index contributed by atoms with van der Waals surface area (Å²) in [7, 11) is 0. The normalized spacial score (nSPS) is 8.93. The molecular weight excluding hydrogens is 192 g/mol. The Kier molecular flexibility index (Phi) is 4.98. The largest absolute Gasteiger partial charge is 0.481 e. The molecular formula is C8H10O6. The molecule has 0 saturated carbocycles. The molecule has 0 radical (unpaired) electrons. The standard InChI is InChI=1S/C8H10O6/c1-5(2)8(12)14-4-13-7(11)3-6(9)10/h1,3-4H2,2H3,(H,9,10). The SMILES string of the molecule is C=C(C)C(=O)OCOC(=O)CC(=O)O. The maximum Gasteiger partial charge on any atom is 0.335 e. The lowest BCUT2D eigenvalue weighted by molar-refractivity contribution is -0.166. The second-order valence-electron chi connectivity index (χ2n) is 2.42. The smallest absolute Gasteiger partial charge is 0.335 e. The first-order valence-corrected chi connectivity index (χ1v) is 3.63. The molecule has 0 aromatic rings. The number of ether oxygens (including phenoxy) is 2. The van der Waals surface area contributed by atoms with Crippen LogP contribution in [0, 0.1) is 0 Å². The molecule has 0 aliphatic heterocycles. The monoisotopic (exact) mass is 202 g/mol. The molecule has 0 aliphatic rings. The highest BCUT2D eigenvalue weighted by Crippen LogP contribution is 1.93. The number of hydrogen-bond donors (Lipinski definition) is 1. The Hall–Kier alpha value is -1.85. The fraction of sp³-hybridized carbons (Fsp3) is 0.375. The van der Waals surface area contributed by atoms with Crippen LogP contribution in [-0.4, -0.2) is 29.8 Å². The lowest BCUT2D eigenvalue weighted by atomic mass is 10.4. The van der Waals surface area contributed by atoms with E-state index in [9.17, 15) is 14.4 Å². The molecule has 0 atom stereocenters. The summed E-state index contributed by atoms with van der Waals surface area (Å²) in [6.45, 7) is 4.12. The van der Waals surface area contributed by atoms with Crippen LogP contribution in [0.15, 0.2) is 12.2 Å². The summed E-state index contributed by atoms with van der Waals surface area (Å²) in [5.74, 6) is -2.97. The minimum atomic E-state index is -1.30. The van der Waals surface area contributed by atoms with Crippen LogP contribution in [0.2, 0.25) is 0 Å². The van der Waals surface area contributed by atoms with Crippen molar-refractivity contribution in [3.63, 3.8) is 0 Å². The summed E-state index contributed by atoms with van der Waals surface area (Å²) in [5, 5.41) is 8.16. The van der Waals surface area contributed by atoms with Crippen LogP contribution >= 0.6 is 0 Å². The fourth-order valence-electron chi connectivity index (χ4n) is 0.446. The van der Waals surface area contributed by atoms with Gasteiger partial charge in [-0.2, -0.15) is 0 Å². The van der Waals surface area contributed by atoms with Gasteiger partial charge in [-0.15, -0.1) is 0 Å². The van der Waals surface area contributed by atoms with Gasteiger partial charge in [-0.25, -0.2) is 4.79 Å².